The molecule has 0 spiro atoms. The van der Waals surface area contributed by atoms with Crippen molar-refractivity contribution in [3.8, 4) is 22.3 Å². The van der Waals surface area contributed by atoms with Crippen molar-refractivity contribution in [3.05, 3.63) is 315 Å². The topological polar surface area (TPSA) is 9.86 Å². The van der Waals surface area contributed by atoms with Gasteiger partial charge in [-0.15, -0.1) is 0 Å². The van der Waals surface area contributed by atoms with Crippen molar-refractivity contribution >= 4 is 158 Å². The van der Waals surface area contributed by atoms with Crippen molar-refractivity contribution in [1.29, 1.82) is 0 Å². The van der Waals surface area contributed by atoms with Crippen LogP contribution in [0, 0.1) is 0 Å². The molecular formula is C80H52B4N2. The minimum absolute atomic E-state index is 0.0217. The molecule has 0 N–H and O–H groups in total. The number of para-hydroxylation sites is 2. The summed E-state index contributed by atoms with van der Waals surface area (Å²) in [6.07, 6.45) is 0. The van der Waals surface area contributed by atoms with E-state index in [1.807, 2.05) is 0 Å². The standard InChI is InChI=1S/C80H52B4N2/c1-3-27-59(28-4-1)81-67-33-13-17-37-71(67)83(72-38-18-14-34-68(72)81)75-51-55-25-9-7-23-53(55)47-63(75)57-43-45-79-65(49-57)61-31-11-21-41-77(61)85(79)86-78-42-22-12-32-62(78)66-50-58(44-46-80(66)86)64-48-54-24-8-10-26-56(54)52-76(64)84-73-39-19-15-35-69(73)82(60-29-5-2-6-30-60)70-36-16-20-40-74(70)84/h1-52H. The second kappa shape index (κ2) is 19.5. The van der Waals surface area contributed by atoms with Gasteiger partial charge in [0.2, 0.25) is 26.9 Å². The molecule has 2 aliphatic rings. The Morgan fingerprint density at radius 1 is 0.186 bits per heavy atom. The second-order valence-corrected chi connectivity index (χ2v) is 23.8. The fourth-order valence-corrected chi connectivity index (χ4v) is 15.7. The summed E-state index contributed by atoms with van der Waals surface area (Å²) in [7, 11) is 0. The number of rotatable bonds is 7. The van der Waals surface area contributed by atoms with Gasteiger partial charge >= 0.3 is 0 Å². The lowest BCUT2D eigenvalue weighted by Gasteiger charge is -2.33. The molecule has 0 atom stereocenters. The largest absolute Gasteiger partial charge is 0.248 e. The van der Waals surface area contributed by atoms with E-state index in [0.29, 0.717) is 0 Å². The van der Waals surface area contributed by atoms with E-state index in [4.69, 9.17) is 0 Å². The minimum Gasteiger partial charge on any atom is -0.248 e. The van der Waals surface area contributed by atoms with Crippen LogP contribution in [0.1, 0.15) is 0 Å². The van der Waals surface area contributed by atoms with Crippen LogP contribution >= 0.6 is 0 Å². The van der Waals surface area contributed by atoms with Gasteiger partial charge in [-0.25, -0.2) is 9.35 Å². The number of hydrogen-bond donors (Lipinski definition) is 0. The zero-order valence-corrected chi connectivity index (χ0v) is 47.2. The SMILES string of the molecule is c1ccc(B2c3ccccc3B(c3cc4ccccc4cc3-c3ccc4c(c3)c3ccccc3n4-n3c4ccccc4c4cc(-c5cc6ccccc6cc5B5c6ccccc6B(c6ccccc6)c6ccccc65)ccc43)c3ccccc32)cc1. The number of aromatic nitrogens is 2. The van der Waals surface area contributed by atoms with Crippen molar-refractivity contribution < 1.29 is 0 Å². The molecule has 14 aromatic carbocycles. The molecule has 4 heterocycles. The molecule has 0 bridgehead atoms. The Hall–Kier alpha value is -10.5. The van der Waals surface area contributed by atoms with Crippen LogP contribution < -0.4 is 65.6 Å². The minimum atomic E-state index is 0.0217. The predicted octanol–water partition coefficient (Wildman–Crippen LogP) is 10.5. The lowest BCUT2D eigenvalue weighted by Crippen LogP contribution is -2.75. The molecule has 6 heteroatoms. The number of fused-ring (bicyclic) bond motifs is 12. The fraction of sp³-hybridized carbons (Fsp3) is 0. The lowest BCUT2D eigenvalue weighted by atomic mass is 9.21. The lowest BCUT2D eigenvalue weighted by molar-refractivity contribution is 0.775. The van der Waals surface area contributed by atoms with Crippen molar-refractivity contribution in [1.82, 2.24) is 9.35 Å². The highest BCUT2D eigenvalue weighted by molar-refractivity contribution is 7.12. The molecule has 0 fully saturated rings. The van der Waals surface area contributed by atoms with Gasteiger partial charge in [0.25, 0.3) is 0 Å². The Morgan fingerprint density at radius 3 is 0.826 bits per heavy atom. The van der Waals surface area contributed by atoms with Crippen molar-refractivity contribution in [2.45, 2.75) is 0 Å². The van der Waals surface area contributed by atoms with Gasteiger partial charge in [0.1, 0.15) is 0 Å². The smallest absolute Gasteiger partial charge is 0.240 e. The van der Waals surface area contributed by atoms with Gasteiger partial charge in [-0.2, -0.15) is 0 Å². The normalized spacial score (nSPS) is 12.8. The van der Waals surface area contributed by atoms with E-state index >= 15 is 0 Å². The first-order chi connectivity index (χ1) is 42.7. The van der Waals surface area contributed by atoms with Crippen LogP contribution in [-0.4, -0.2) is 36.2 Å². The molecule has 394 valence electrons. The molecule has 2 aromatic heterocycles. The van der Waals surface area contributed by atoms with E-state index in [1.165, 1.54) is 131 Å². The summed E-state index contributed by atoms with van der Waals surface area (Å²) in [5.41, 5.74) is 25.8. The second-order valence-electron chi connectivity index (χ2n) is 23.8. The Balaban J connectivity index is 0.821. The summed E-state index contributed by atoms with van der Waals surface area (Å²) in [6, 6.07) is 119. The third kappa shape index (κ3) is 7.45. The van der Waals surface area contributed by atoms with Crippen LogP contribution in [-0.2, 0) is 0 Å². The van der Waals surface area contributed by atoms with Crippen molar-refractivity contribution in [2.24, 2.45) is 0 Å². The molecule has 0 saturated heterocycles. The van der Waals surface area contributed by atoms with Crippen LogP contribution in [0.5, 0.6) is 0 Å². The molecule has 0 saturated carbocycles. The molecule has 0 amide bonds. The van der Waals surface area contributed by atoms with Gasteiger partial charge in [0, 0.05) is 21.5 Å². The molecule has 86 heavy (non-hydrogen) atoms. The van der Waals surface area contributed by atoms with Crippen LogP contribution in [0.3, 0.4) is 0 Å². The van der Waals surface area contributed by atoms with Crippen LogP contribution in [0.15, 0.2) is 315 Å². The number of nitrogens with zero attached hydrogens (tertiary/aromatic N) is 2. The third-order valence-electron chi connectivity index (χ3n) is 19.3. The fourth-order valence-electron chi connectivity index (χ4n) is 15.7. The average Bonchev–Trinajstić information content (AvgIpc) is 1.96. The molecular weight excluding hydrogens is 1030 g/mol. The van der Waals surface area contributed by atoms with Gasteiger partial charge < -0.3 is 0 Å². The molecule has 0 aliphatic carbocycles. The quantitative estimate of drug-likeness (QED) is 0.141. The van der Waals surface area contributed by atoms with E-state index < -0.39 is 0 Å². The number of benzene rings is 14. The Morgan fingerprint density at radius 2 is 0.465 bits per heavy atom. The van der Waals surface area contributed by atoms with Crippen LogP contribution in [0.25, 0.3) is 87.4 Å². The summed E-state index contributed by atoms with van der Waals surface area (Å²) in [6.45, 7) is 0.324. The Kier molecular flexibility index (Phi) is 11.1. The zero-order valence-electron chi connectivity index (χ0n) is 47.2. The predicted molar refractivity (Wildman–Crippen MR) is 373 cm³/mol. The zero-order chi connectivity index (χ0) is 56.4. The van der Waals surface area contributed by atoms with Crippen molar-refractivity contribution in [2.75, 3.05) is 0 Å². The Bertz CT molecular complexity index is 4980. The maximum atomic E-state index is 2.49. The highest BCUT2D eigenvalue weighted by Crippen LogP contribution is 2.39. The average molecular weight is 1080 g/mol. The van der Waals surface area contributed by atoms with Gasteiger partial charge in [0.05, 0.1) is 22.1 Å². The highest BCUT2D eigenvalue weighted by Gasteiger charge is 2.41. The molecule has 18 rings (SSSR count). The summed E-state index contributed by atoms with van der Waals surface area (Å²) in [5.74, 6) is 0. The summed E-state index contributed by atoms with van der Waals surface area (Å²) < 4.78 is 4.97. The van der Waals surface area contributed by atoms with E-state index in [-0.39, 0.29) is 26.9 Å². The maximum Gasteiger partial charge on any atom is 0.240 e. The van der Waals surface area contributed by atoms with Crippen molar-refractivity contribution in [3.63, 3.8) is 0 Å². The first-order valence-electron chi connectivity index (χ1n) is 30.3. The van der Waals surface area contributed by atoms with Crippen LogP contribution in [0.4, 0.5) is 0 Å². The maximum absolute atomic E-state index is 2.49. The molecule has 2 nitrogen and oxygen atoms in total. The first kappa shape index (κ1) is 48.9. The summed E-state index contributed by atoms with van der Waals surface area (Å²) in [4.78, 5) is 0. The summed E-state index contributed by atoms with van der Waals surface area (Å²) >= 11 is 0. The summed E-state index contributed by atoms with van der Waals surface area (Å²) in [5, 5.41) is 9.84. The van der Waals surface area contributed by atoms with E-state index in [0.717, 1.165) is 22.1 Å². The molecule has 0 unspecified atom stereocenters. The molecule has 16 aromatic rings. The number of hydrogen-bond acceptors (Lipinski definition) is 0. The van der Waals surface area contributed by atoms with Gasteiger partial charge in [-0.3, -0.25) is 0 Å². The van der Waals surface area contributed by atoms with Crippen LogP contribution in [0.2, 0.25) is 0 Å². The first-order valence-corrected chi connectivity index (χ1v) is 30.3. The monoisotopic (exact) mass is 1080 g/mol. The molecule has 0 radical (unpaired) electrons. The van der Waals surface area contributed by atoms with E-state index in [9.17, 15) is 0 Å². The molecule has 2 aliphatic heterocycles. The van der Waals surface area contributed by atoms with Gasteiger partial charge in [-0.1, -0.05) is 332 Å². The van der Waals surface area contributed by atoms with E-state index in [1.54, 1.807) is 0 Å². The van der Waals surface area contributed by atoms with Gasteiger partial charge in [0.15, 0.2) is 0 Å². The third-order valence-corrected chi connectivity index (χ3v) is 19.3. The Labute approximate surface area is 501 Å². The van der Waals surface area contributed by atoms with E-state index in [2.05, 4.69) is 325 Å². The van der Waals surface area contributed by atoms with Gasteiger partial charge in [-0.05, 0) is 92.3 Å². The highest BCUT2D eigenvalue weighted by atomic mass is 15.5.